The largest absolute Gasteiger partial charge is 0.322 e. The van der Waals surface area contributed by atoms with E-state index in [1.165, 1.54) is 11.5 Å². The minimum absolute atomic E-state index is 0.0719. The van der Waals surface area contributed by atoms with Gasteiger partial charge in [0.15, 0.2) is 0 Å². The lowest BCUT2D eigenvalue weighted by Gasteiger charge is -2.12. The van der Waals surface area contributed by atoms with E-state index in [9.17, 15) is 4.79 Å². The quantitative estimate of drug-likeness (QED) is 0.836. The molecule has 0 aromatic heterocycles. The molecule has 0 heterocycles. The summed E-state index contributed by atoms with van der Waals surface area (Å²) in [6.07, 6.45) is 2.10. The Kier molecular flexibility index (Phi) is 4.94. The lowest BCUT2D eigenvalue weighted by atomic mass is 9.93. The standard InChI is InChI=1S/C18H20NO/c1-3-14(4-2)15-10-12-16(13-11-15)18(20)19-17-8-6-5-7-9-17/h5-13H,3-4H2,1-2H3,(H,19,20). The van der Waals surface area contributed by atoms with Crippen LogP contribution in [-0.2, 0) is 0 Å². The molecule has 0 aliphatic heterocycles. The predicted molar refractivity (Wildman–Crippen MR) is 83.8 cm³/mol. The van der Waals surface area contributed by atoms with Crippen molar-refractivity contribution < 1.29 is 4.79 Å². The highest BCUT2D eigenvalue weighted by Gasteiger charge is 2.10. The molecule has 0 saturated heterocycles. The van der Waals surface area contributed by atoms with Crippen molar-refractivity contribution in [3.8, 4) is 0 Å². The smallest absolute Gasteiger partial charge is 0.255 e. The van der Waals surface area contributed by atoms with Crippen LogP contribution in [0.25, 0.3) is 0 Å². The van der Waals surface area contributed by atoms with Crippen molar-refractivity contribution in [1.82, 2.24) is 0 Å². The molecule has 2 aromatic carbocycles. The van der Waals surface area contributed by atoms with Gasteiger partial charge in [-0.05, 0) is 42.7 Å². The molecule has 2 rings (SSSR count). The number of para-hydroxylation sites is 1. The second-order valence-corrected chi connectivity index (χ2v) is 4.71. The second-order valence-electron chi connectivity index (χ2n) is 4.71. The van der Waals surface area contributed by atoms with Crippen LogP contribution >= 0.6 is 0 Å². The van der Waals surface area contributed by atoms with Crippen LogP contribution in [0.15, 0.2) is 54.6 Å². The van der Waals surface area contributed by atoms with Crippen molar-refractivity contribution in [2.75, 3.05) is 5.32 Å². The Morgan fingerprint density at radius 2 is 1.40 bits per heavy atom. The molecule has 103 valence electrons. The maximum Gasteiger partial charge on any atom is 0.255 e. The van der Waals surface area contributed by atoms with Gasteiger partial charge in [-0.2, -0.15) is 0 Å². The van der Waals surface area contributed by atoms with Gasteiger partial charge < -0.3 is 5.32 Å². The Hall–Kier alpha value is -2.09. The fourth-order valence-corrected chi connectivity index (χ4v) is 2.24. The average Bonchev–Trinajstić information content (AvgIpc) is 2.50. The van der Waals surface area contributed by atoms with Gasteiger partial charge in [0.2, 0.25) is 0 Å². The van der Waals surface area contributed by atoms with Gasteiger partial charge in [0, 0.05) is 17.2 Å². The molecular weight excluding hydrogens is 246 g/mol. The Bertz CT molecular complexity index is 541. The van der Waals surface area contributed by atoms with Crippen LogP contribution in [0.1, 0.15) is 42.6 Å². The number of carbonyl (C=O) groups excluding carboxylic acids is 1. The Morgan fingerprint density at radius 3 is 1.95 bits per heavy atom. The average molecular weight is 266 g/mol. The highest BCUT2D eigenvalue weighted by Crippen LogP contribution is 2.22. The fourth-order valence-electron chi connectivity index (χ4n) is 2.24. The van der Waals surface area contributed by atoms with Crippen molar-refractivity contribution in [2.45, 2.75) is 26.7 Å². The summed E-state index contributed by atoms with van der Waals surface area (Å²) in [7, 11) is 0. The van der Waals surface area contributed by atoms with E-state index < -0.39 is 0 Å². The Labute approximate surface area is 120 Å². The maximum atomic E-state index is 12.1. The van der Waals surface area contributed by atoms with E-state index in [4.69, 9.17) is 0 Å². The highest BCUT2D eigenvalue weighted by molar-refractivity contribution is 6.04. The van der Waals surface area contributed by atoms with Gasteiger partial charge in [0.05, 0.1) is 0 Å². The summed E-state index contributed by atoms with van der Waals surface area (Å²) < 4.78 is 0. The third-order valence-electron chi connectivity index (χ3n) is 3.44. The summed E-state index contributed by atoms with van der Waals surface area (Å²) >= 11 is 0. The maximum absolute atomic E-state index is 12.1. The minimum Gasteiger partial charge on any atom is -0.322 e. The van der Waals surface area contributed by atoms with Gasteiger partial charge in [-0.3, -0.25) is 4.79 Å². The van der Waals surface area contributed by atoms with Crippen molar-refractivity contribution in [3.63, 3.8) is 0 Å². The number of hydrogen-bond donors (Lipinski definition) is 1. The van der Waals surface area contributed by atoms with Crippen molar-refractivity contribution in [3.05, 3.63) is 71.6 Å². The SMILES string of the molecule is CC[C](CC)c1ccc(C(=O)Nc2ccccc2)cc1. The number of benzene rings is 2. The van der Waals surface area contributed by atoms with Gasteiger partial charge in [0.1, 0.15) is 0 Å². The molecule has 2 aromatic rings. The van der Waals surface area contributed by atoms with Crippen molar-refractivity contribution in [1.29, 1.82) is 0 Å². The van der Waals surface area contributed by atoms with Crippen LogP contribution in [0.3, 0.4) is 0 Å². The van der Waals surface area contributed by atoms with Crippen LogP contribution in [0, 0.1) is 5.92 Å². The lowest BCUT2D eigenvalue weighted by molar-refractivity contribution is 0.102. The molecule has 1 amide bonds. The summed E-state index contributed by atoms with van der Waals surface area (Å²) in [5.41, 5.74) is 2.73. The van der Waals surface area contributed by atoms with E-state index >= 15 is 0 Å². The van der Waals surface area contributed by atoms with E-state index in [-0.39, 0.29) is 5.91 Å². The molecule has 1 radical (unpaired) electrons. The molecule has 0 unspecified atom stereocenters. The molecule has 2 heteroatoms. The summed E-state index contributed by atoms with van der Waals surface area (Å²) in [5, 5.41) is 2.89. The van der Waals surface area contributed by atoms with Gasteiger partial charge in [0.25, 0.3) is 5.91 Å². The number of rotatable bonds is 5. The van der Waals surface area contributed by atoms with E-state index in [0.29, 0.717) is 5.56 Å². The molecule has 0 bridgehead atoms. The third kappa shape index (κ3) is 3.47. The summed E-state index contributed by atoms with van der Waals surface area (Å²) in [5.74, 6) is 1.34. The van der Waals surface area contributed by atoms with E-state index in [0.717, 1.165) is 18.5 Å². The molecular formula is C18H20NO. The van der Waals surface area contributed by atoms with Crippen LogP contribution in [0.5, 0.6) is 0 Å². The molecule has 0 fully saturated rings. The zero-order chi connectivity index (χ0) is 14.4. The van der Waals surface area contributed by atoms with Gasteiger partial charge in [-0.25, -0.2) is 0 Å². The first-order valence-corrected chi connectivity index (χ1v) is 7.06. The molecule has 0 aliphatic rings. The number of anilines is 1. The zero-order valence-corrected chi connectivity index (χ0v) is 12.0. The first kappa shape index (κ1) is 14.3. The van der Waals surface area contributed by atoms with Crippen molar-refractivity contribution in [2.24, 2.45) is 0 Å². The molecule has 0 spiro atoms. The third-order valence-corrected chi connectivity index (χ3v) is 3.44. The monoisotopic (exact) mass is 266 g/mol. The summed E-state index contributed by atoms with van der Waals surface area (Å²) in [4.78, 5) is 12.1. The van der Waals surface area contributed by atoms with Crippen LogP contribution in [-0.4, -0.2) is 5.91 Å². The molecule has 2 nitrogen and oxygen atoms in total. The van der Waals surface area contributed by atoms with Crippen LogP contribution < -0.4 is 5.32 Å². The minimum atomic E-state index is -0.0719. The van der Waals surface area contributed by atoms with Gasteiger partial charge in [-0.1, -0.05) is 44.2 Å². The first-order chi connectivity index (χ1) is 9.74. The van der Waals surface area contributed by atoms with E-state index in [2.05, 4.69) is 19.2 Å². The highest BCUT2D eigenvalue weighted by atomic mass is 16.1. The molecule has 1 N–H and O–H groups in total. The Morgan fingerprint density at radius 1 is 0.850 bits per heavy atom. The molecule has 20 heavy (non-hydrogen) atoms. The summed E-state index contributed by atoms with van der Waals surface area (Å²) in [6, 6.07) is 17.3. The van der Waals surface area contributed by atoms with Gasteiger partial charge >= 0.3 is 0 Å². The summed E-state index contributed by atoms with van der Waals surface area (Å²) in [6.45, 7) is 4.32. The number of carbonyl (C=O) groups is 1. The topological polar surface area (TPSA) is 29.1 Å². The van der Waals surface area contributed by atoms with E-state index in [1.807, 2.05) is 54.6 Å². The normalized spacial score (nSPS) is 10.6. The first-order valence-electron chi connectivity index (χ1n) is 7.06. The number of amides is 1. The van der Waals surface area contributed by atoms with Gasteiger partial charge in [-0.15, -0.1) is 0 Å². The Balaban J connectivity index is 2.08. The molecule has 0 saturated carbocycles. The number of nitrogens with one attached hydrogen (secondary N) is 1. The van der Waals surface area contributed by atoms with Crippen LogP contribution in [0.2, 0.25) is 0 Å². The molecule has 0 aliphatic carbocycles. The van der Waals surface area contributed by atoms with E-state index in [1.54, 1.807) is 0 Å². The number of hydrogen-bond acceptors (Lipinski definition) is 1. The fraction of sp³-hybridized carbons (Fsp3) is 0.222. The second kappa shape index (κ2) is 6.90. The lowest BCUT2D eigenvalue weighted by Crippen LogP contribution is -2.11. The zero-order valence-electron chi connectivity index (χ0n) is 12.0. The van der Waals surface area contributed by atoms with Crippen LogP contribution in [0.4, 0.5) is 5.69 Å². The predicted octanol–water partition coefficient (Wildman–Crippen LogP) is 4.68. The van der Waals surface area contributed by atoms with Crippen molar-refractivity contribution >= 4 is 11.6 Å². The molecule has 0 atom stereocenters.